The van der Waals surface area contributed by atoms with E-state index in [1.165, 1.54) is 0 Å². The molecule has 0 radical (unpaired) electrons. The second kappa shape index (κ2) is 7.79. The molecule has 0 spiro atoms. The van der Waals surface area contributed by atoms with Crippen LogP contribution in [-0.4, -0.2) is 53.9 Å². The molecule has 2 rings (SSSR count). The Kier molecular flexibility index (Phi) is 5.96. The topological polar surface area (TPSA) is 113 Å². The van der Waals surface area contributed by atoms with Crippen molar-refractivity contribution in [1.29, 1.82) is 0 Å². The van der Waals surface area contributed by atoms with E-state index in [0.717, 1.165) is 17.7 Å². The molecule has 0 aliphatic rings. The van der Waals surface area contributed by atoms with Crippen molar-refractivity contribution >= 4 is 21.6 Å². The maximum Gasteiger partial charge on any atom is 0.209 e. The molecule has 0 aliphatic carbocycles. The summed E-state index contributed by atoms with van der Waals surface area (Å²) in [5, 5.41) is 14.5. The summed E-state index contributed by atoms with van der Waals surface area (Å²) in [4.78, 5) is 4.50. The summed E-state index contributed by atoms with van der Waals surface area (Å²) >= 11 is 0. The molecule has 0 bridgehead atoms. The van der Waals surface area contributed by atoms with Crippen LogP contribution in [0.1, 0.15) is 26.6 Å². The second-order valence-electron chi connectivity index (χ2n) is 6.35. The zero-order valence-electron chi connectivity index (χ0n) is 14.9. The summed E-state index contributed by atoms with van der Waals surface area (Å²) < 4.78 is 27.3. The predicted molar refractivity (Wildman–Crippen MR) is 97.9 cm³/mol. The Hall–Kier alpha value is -2.20. The first-order chi connectivity index (χ1) is 11.7. The number of sulfonamides is 1. The summed E-state index contributed by atoms with van der Waals surface area (Å²) in [6, 6.07) is 5.69. The minimum atomic E-state index is -3.29. The van der Waals surface area contributed by atoms with Crippen LogP contribution < -0.4 is 15.4 Å². The number of nitrogens with one attached hydrogen (secondary N) is 3. The molecule has 3 N–H and O–H groups in total. The van der Waals surface area contributed by atoms with Crippen LogP contribution in [0.5, 0.6) is 0 Å². The van der Waals surface area contributed by atoms with Crippen molar-refractivity contribution in [2.24, 2.45) is 4.99 Å². The molecule has 2 aromatic heterocycles. The zero-order chi connectivity index (χ0) is 18.5. The Bertz CT molecular complexity index is 842. The van der Waals surface area contributed by atoms with Gasteiger partial charge in [0.05, 0.1) is 6.26 Å². The van der Waals surface area contributed by atoms with Crippen LogP contribution in [0.25, 0.3) is 5.65 Å². The number of hydrogen-bond donors (Lipinski definition) is 3. The van der Waals surface area contributed by atoms with Gasteiger partial charge in [0.15, 0.2) is 17.4 Å². The third kappa shape index (κ3) is 5.98. The van der Waals surface area contributed by atoms with Gasteiger partial charge in [-0.25, -0.2) is 18.1 Å². The summed E-state index contributed by atoms with van der Waals surface area (Å²) in [5.74, 6) is 1.31. The Morgan fingerprint density at radius 2 is 2.04 bits per heavy atom. The molecule has 2 heterocycles. The minimum Gasteiger partial charge on any atom is -0.357 e. The summed E-state index contributed by atoms with van der Waals surface area (Å²) in [6.07, 6.45) is 3.03. The van der Waals surface area contributed by atoms with Crippen LogP contribution in [0.15, 0.2) is 29.4 Å². The van der Waals surface area contributed by atoms with Gasteiger partial charge in [-0.05, 0) is 32.9 Å². The number of rotatable bonds is 7. The highest BCUT2D eigenvalue weighted by Gasteiger charge is 2.22. The van der Waals surface area contributed by atoms with Gasteiger partial charge in [-0.2, -0.15) is 0 Å². The number of nitrogens with zero attached hydrogens (tertiary/aromatic N) is 4. The third-order valence-corrected chi connectivity index (χ3v) is 4.19. The molecule has 10 heteroatoms. The Morgan fingerprint density at radius 3 is 2.72 bits per heavy atom. The van der Waals surface area contributed by atoms with Crippen LogP contribution in [0, 0.1) is 0 Å². The minimum absolute atomic E-state index is 0.348. The van der Waals surface area contributed by atoms with Crippen molar-refractivity contribution in [3.8, 4) is 0 Å². The molecule has 0 saturated heterocycles. The van der Waals surface area contributed by atoms with E-state index in [0.29, 0.717) is 25.6 Å². The van der Waals surface area contributed by atoms with Gasteiger partial charge in [0.1, 0.15) is 6.54 Å². The van der Waals surface area contributed by atoms with Gasteiger partial charge in [-0.3, -0.25) is 4.40 Å². The second-order valence-corrected chi connectivity index (χ2v) is 8.10. The standard InChI is InChI=1S/C15H25N7O2S/c1-5-16-14(18-11-15(2,3)21-25(4,23)24)17-10-13-20-19-12-8-6-7-9-22(12)13/h6-9,21H,5,10-11H2,1-4H3,(H2,16,17,18). The molecule has 9 nitrogen and oxygen atoms in total. The summed E-state index contributed by atoms with van der Waals surface area (Å²) in [5.41, 5.74) is 0.120. The molecular formula is C15H25N7O2S. The van der Waals surface area contributed by atoms with Gasteiger partial charge >= 0.3 is 0 Å². The molecule has 0 amide bonds. The SMILES string of the molecule is CCNC(=NCc1nnc2ccccn12)NCC(C)(C)NS(C)(=O)=O. The fourth-order valence-corrected chi connectivity index (χ4v) is 3.41. The van der Waals surface area contributed by atoms with E-state index >= 15 is 0 Å². The Labute approximate surface area is 148 Å². The van der Waals surface area contributed by atoms with E-state index in [1.54, 1.807) is 13.8 Å². The smallest absolute Gasteiger partial charge is 0.209 e. The van der Waals surface area contributed by atoms with E-state index < -0.39 is 15.6 Å². The molecule has 0 aliphatic heterocycles. The van der Waals surface area contributed by atoms with Gasteiger partial charge < -0.3 is 10.6 Å². The lowest BCUT2D eigenvalue weighted by atomic mass is 10.1. The van der Waals surface area contributed by atoms with Gasteiger partial charge in [-0.15, -0.1) is 10.2 Å². The van der Waals surface area contributed by atoms with E-state index in [1.807, 2.05) is 35.7 Å². The van der Waals surface area contributed by atoms with E-state index in [2.05, 4.69) is 30.5 Å². The van der Waals surface area contributed by atoms with Crippen LogP contribution in [0.3, 0.4) is 0 Å². The fraction of sp³-hybridized carbons (Fsp3) is 0.533. The lowest BCUT2D eigenvalue weighted by Crippen LogP contribution is -2.53. The third-order valence-electron chi connectivity index (χ3n) is 3.27. The number of aromatic nitrogens is 3. The quantitative estimate of drug-likeness (QED) is 0.473. The molecule has 0 saturated carbocycles. The normalized spacial score (nSPS) is 13.2. The van der Waals surface area contributed by atoms with Gasteiger partial charge in [0, 0.05) is 24.8 Å². The number of pyridine rings is 1. The monoisotopic (exact) mass is 367 g/mol. The van der Waals surface area contributed by atoms with Crippen molar-refractivity contribution in [3.05, 3.63) is 30.2 Å². The van der Waals surface area contributed by atoms with E-state index in [4.69, 9.17) is 0 Å². The lowest BCUT2D eigenvalue weighted by Gasteiger charge is -2.26. The molecule has 0 aromatic carbocycles. The molecule has 0 fully saturated rings. The molecule has 25 heavy (non-hydrogen) atoms. The van der Waals surface area contributed by atoms with Crippen molar-refractivity contribution in [1.82, 2.24) is 30.0 Å². The average Bonchev–Trinajstić information content (AvgIpc) is 2.91. The lowest BCUT2D eigenvalue weighted by molar-refractivity contribution is 0.446. The maximum atomic E-state index is 11.4. The maximum absolute atomic E-state index is 11.4. The first-order valence-corrected chi connectivity index (χ1v) is 9.89. The van der Waals surface area contributed by atoms with Crippen LogP contribution in [0.4, 0.5) is 0 Å². The van der Waals surface area contributed by atoms with E-state index in [-0.39, 0.29) is 0 Å². The highest BCUT2D eigenvalue weighted by Crippen LogP contribution is 2.04. The van der Waals surface area contributed by atoms with Gasteiger partial charge in [0.2, 0.25) is 10.0 Å². The van der Waals surface area contributed by atoms with Crippen molar-refractivity contribution in [2.45, 2.75) is 32.9 Å². The summed E-state index contributed by atoms with van der Waals surface area (Å²) in [6.45, 7) is 6.98. The predicted octanol–water partition coefficient (Wildman–Crippen LogP) is 0.112. The number of guanidine groups is 1. The van der Waals surface area contributed by atoms with Crippen molar-refractivity contribution in [2.75, 3.05) is 19.3 Å². The Balaban J connectivity index is 2.05. The Morgan fingerprint density at radius 1 is 1.28 bits per heavy atom. The fourth-order valence-electron chi connectivity index (χ4n) is 2.33. The van der Waals surface area contributed by atoms with Gasteiger partial charge in [-0.1, -0.05) is 6.07 Å². The first-order valence-electron chi connectivity index (χ1n) is 8.00. The molecule has 0 unspecified atom stereocenters. The number of fused-ring (bicyclic) bond motifs is 1. The largest absolute Gasteiger partial charge is 0.357 e. The number of aliphatic imine (C=N–C) groups is 1. The highest BCUT2D eigenvalue weighted by atomic mass is 32.2. The molecule has 0 atom stereocenters. The van der Waals surface area contributed by atoms with Crippen LogP contribution in [0.2, 0.25) is 0 Å². The zero-order valence-corrected chi connectivity index (χ0v) is 15.8. The van der Waals surface area contributed by atoms with Gasteiger partial charge in [0.25, 0.3) is 0 Å². The highest BCUT2D eigenvalue weighted by molar-refractivity contribution is 7.88. The van der Waals surface area contributed by atoms with Crippen molar-refractivity contribution < 1.29 is 8.42 Å². The molecule has 138 valence electrons. The van der Waals surface area contributed by atoms with Crippen LogP contribution in [-0.2, 0) is 16.6 Å². The first kappa shape index (κ1) is 19.1. The summed E-state index contributed by atoms with van der Waals surface area (Å²) in [7, 11) is -3.29. The molecule has 2 aromatic rings. The number of hydrogen-bond acceptors (Lipinski definition) is 5. The van der Waals surface area contributed by atoms with E-state index in [9.17, 15) is 8.42 Å². The van der Waals surface area contributed by atoms with Crippen molar-refractivity contribution in [3.63, 3.8) is 0 Å². The van der Waals surface area contributed by atoms with Crippen LogP contribution >= 0.6 is 0 Å². The average molecular weight is 367 g/mol. The molecular weight excluding hydrogens is 342 g/mol.